The predicted molar refractivity (Wildman–Crippen MR) is 55.0 cm³/mol. The molecule has 0 bridgehead atoms. The Balaban J connectivity index is 2.38. The monoisotopic (exact) mass is 259 g/mol. The van der Waals surface area contributed by atoms with Crippen LogP contribution in [0.3, 0.4) is 0 Å². The number of halogens is 3. The summed E-state index contributed by atoms with van der Waals surface area (Å²) in [6, 6.07) is 3.50. The first kappa shape index (κ1) is 12.4. The summed E-state index contributed by atoms with van der Waals surface area (Å²) in [5, 5.41) is 0. The minimum Gasteiger partial charge on any atom is -0.406 e. The molecule has 0 radical (unpaired) electrons. The fourth-order valence-corrected chi connectivity index (χ4v) is 1.82. The van der Waals surface area contributed by atoms with Gasteiger partial charge in [-0.15, -0.1) is 13.2 Å². The summed E-state index contributed by atoms with van der Waals surface area (Å²) >= 11 is 0. The third-order valence-electron chi connectivity index (χ3n) is 2.44. The van der Waals surface area contributed by atoms with Gasteiger partial charge < -0.3 is 4.74 Å². The SMILES string of the molecule is CC(=O)N1C(=O)Cc2ccc(OC(F)(F)F)cc21. The van der Waals surface area contributed by atoms with Gasteiger partial charge in [0.2, 0.25) is 11.8 Å². The van der Waals surface area contributed by atoms with Gasteiger partial charge in [-0.25, -0.2) is 0 Å². The largest absolute Gasteiger partial charge is 0.573 e. The molecule has 0 unspecified atom stereocenters. The fraction of sp³-hybridized carbons (Fsp3) is 0.273. The van der Waals surface area contributed by atoms with E-state index in [0.717, 1.165) is 17.0 Å². The molecule has 18 heavy (non-hydrogen) atoms. The molecule has 0 atom stereocenters. The molecule has 0 saturated heterocycles. The van der Waals surface area contributed by atoms with Gasteiger partial charge in [0.15, 0.2) is 0 Å². The van der Waals surface area contributed by atoms with Crippen molar-refractivity contribution in [2.75, 3.05) is 4.90 Å². The van der Waals surface area contributed by atoms with Crippen LogP contribution in [0.5, 0.6) is 5.75 Å². The third kappa shape index (κ3) is 2.29. The van der Waals surface area contributed by atoms with Gasteiger partial charge in [-0.1, -0.05) is 6.07 Å². The van der Waals surface area contributed by atoms with E-state index in [4.69, 9.17) is 0 Å². The maximum atomic E-state index is 12.1. The lowest BCUT2D eigenvalue weighted by molar-refractivity contribution is -0.274. The highest BCUT2D eigenvalue weighted by Gasteiger charge is 2.34. The van der Waals surface area contributed by atoms with E-state index >= 15 is 0 Å². The first-order chi connectivity index (χ1) is 8.28. The lowest BCUT2D eigenvalue weighted by atomic mass is 10.1. The van der Waals surface area contributed by atoms with E-state index in [1.807, 2.05) is 0 Å². The number of amides is 2. The topological polar surface area (TPSA) is 46.6 Å². The first-order valence-electron chi connectivity index (χ1n) is 5.00. The summed E-state index contributed by atoms with van der Waals surface area (Å²) < 4.78 is 39.9. The summed E-state index contributed by atoms with van der Waals surface area (Å²) in [5.41, 5.74) is 0.652. The lowest BCUT2D eigenvalue weighted by Gasteiger charge is -2.14. The van der Waals surface area contributed by atoms with Crippen LogP contribution >= 0.6 is 0 Å². The molecule has 0 fully saturated rings. The van der Waals surface area contributed by atoms with E-state index in [0.29, 0.717) is 5.56 Å². The van der Waals surface area contributed by atoms with Crippen molar-refractivity contribution >= 4 is 17.5 Å². The van der Waals surface area contributed by atoms with E-state index in [9.17, 15) is 22.8 Å². The summed E-state index contributed by atoms with van der Waals surface area (Å²) in [6.45, 7) is 1.17. The molecule has 1 heterocycles. The number of nitrogens with zero attached hydrogens (tertiary/aromatic N) is 1. The van der Waals surface area contributed by atoms with E-state index in [1.165, 1.54) is 13.0 Å². The third-order valence-corrected chi connectivity index (χ3v) is 2.44. The smallest absolute Gasteiger partial charge is 0.406 e. The molecule has 1 aliphatic heterocycles. The van der Waals surface area contributed by atoms with Crippen molar-refractivity contribution in [1.82, 2.24) is 0 Å². The van der Waals surface area contributed by atoms with Crippen molar-refractivity contribution < 1.29 is 27.5 Å². The molecule has 2 rings (SSSR count). The maximum Gasteiger partial charge on any atom is 0.573 e. The van der Waals surface area contributed by atoms with E-state index in [1.54, 1.807) is 0 Å². The molecule has 0 saturated carbocycles. The van der Waals surface area contributed by atoms with Crippen molar-refractivity contribution in [2.45, 2.75) is 19.7 Å². The van der Waals surface area contributed by atoms with E-state index < -0.39 is 23.9 Å². The Kier molecular flexibility index (Phi) is 2.76. The van der Waals surface area contributed by atoms with Crippen LogP contribution in [0.25, 0.3) is 0 Å². The molecule has 1 aromatic carbocycles. The van der Waals surface area contributed by atoms with Gasteiger partial charge in [0.05, 0.1) is 12.1 Å². The molecule has 1 aliphatic rings. The normalized spacial score (nSPS) is 14.7. The van der Waals surface area contributed by atoms with Crippen LogP contribution < -0.4 is 9.64 Å². The van der Waals surface area contributed by atoms with Crippen LogP contribution in [0.1, 0.15) is 12.5 Å². The Labute approximate surface area is 99.9 Å². The van der Waals surface area contributed by atoms with Gasteiger partial charge in [0, 0.05) is 13.0 Å². The molecule has 0 aromatic heterocycles. The highest BCUT2D eigenvalue weighted by molar-refractivity contribution is 6.18. The number of imide groups is 1. The Morgan fingerprint density at radius 1 is 1.39 bits per heavy atom. The Morgan fingerprint density at radius 3 is 2.61 bits per heavy atom. The standard InChI is InChI=1S/C11H8F3NO3/c1-6(16)15-9-5-8(18-11(12,13)14)3-2-7(9)4-10(15)17/h2-3,5H,4H2,1H3. The van der Waals surface area contributed by atoms with Crippen LogP contribution in [0, 0.1) is 0 Å². The molecule has 96 valence electrons. The number of alkyl halides is 3. The van der Waals surface area contributed by atoms with Crippen molar-refractivity contribution in [3.63, 3.8) is 0 Å². The predicted octanol–water partition coefficient (Wildman–Crippen LogP) is 2.02. The van der Waals surface area contributed by atoms with Crippen LogP contribution in [0.2, 0.25) is 0 Å². The molecular weight excluding hydrogens is 251 g/mol. The number of carbonyl (C=O) groups excluding carboxylic acids is 2. The highest BCUT2D eigenvalue weighted by atomic mass is 19.4. The second-order valence-electron chi connectivity index (χ2n) is 3.76. The van der Waals surface area contributed by atoms with Crippen molar-refractivity contribution in [1.29, 1.82) is 0 Å². The first-order valence-corrected chi connectivity index (χ1v) is 5.00. The molecular formula is C11H8F3NO3. The summed E-state index contributed by atoms with van der Waals surface area (Å²) in [5.74, 6) is -1.45. The molecule has 0 N–H and O–H groups in total. The molecule has 0 aliphatic carbocycles. The number of hydrogen-bond acceptors (Lipinski definition) is 3. The summed E-state index contributed by atoms with van der Waals surface area (Å²) in [6.07, 6.45) is -4.81. The van der Waals surface area contributed by atoms with E-state index in [-0.39, 0.29) is 12.1 Å². The molecule has 1 aromatic rings. The number of anilines is 1. The van der Waals surface area contributed by atoms with Gasteiger partial charge >= 0.3 is 6.36 Å². The average molecular weight is 259 g/mol. The van der Waals surface area contributed by atoms with Crippen molar-refractivity contribution in [2.24, 2.45) is 0 Å². The molecule has 0 spiro atoms. The zero-order chi connectivity index (χ0) is 13.5. The van der Waals surface area contributed by atoms with Gasteiger partial charge in [-0.3, -0.25) is 14.5 Å². The van der Waals surface area contributed by atoms with Crippen LogP contribution in [-0.2, 0) is 16.0 Å². The molecule has 7 heteroatoms. The second kappa shape index (κ2) is 4.01. The number of carbonyl (C=O) groups is 2. The molecule has 4 nitrogen and oxygen atoms in total. The lowest BCUT2D eigenvalue weighted by Crippen LogP contribution is -2.31. The van der Waals surface area contributed by atoms with Crippen molar-refractivity contribution in [3.8, 4) is 5.75 Å². The van der Waals surface area contributed by atoms with Crippen LogP contribution in [0.4, 0.5) is 18.9 Å². The fourth-order valence-electron chi connectivity index (χ4n) is 1.82. The number of benzene rings is 1. The van der Waals surface area contributed by atoms with Crippen molar-refractivity contribution in [3.05, 3.63) is 23.8 Å². The number of ether oxygens (including phenoxy) is 1. The second-order valence-corrected chi connectivity index (χ2v) is 3.76. The Hall–Kier alpha value is -2.05. The Bertz CT molecular complexity index is 525. The van der Waals surface area contributed by atoms with Gasteiger partial charge in [-0.2, -0.15) is 0 Å². The van der Waals surface area contributed by atoms with Gasteiger partial charge in [0.1, 0.15) is 5.75 Å². The van der Waals surface area contributed by atoms with E-state index in [2.05, 4.69) is 4.74 Å². The van der Waals surface area contributed by atoms with Crippen LogP contribution in [0.15, 0.2) is 18.2 Å². The van der Waals surface area contributed by atoms with Crippen LogP contribution in [-0.4, -0.2) is 18.2 Å². The number of rotatable bonds is 1. The number of fused-ring (bicyclic) bond motifs is 1. The summed E-state index contributed by atoms with van der Waals surface area (Å²) in [4.78, 5) is 23.6. The minimum atomic E-state index is -4.81. The number of hydrogen-bond donors (Lipinski definition) is 0. The zero-order valence-corrected chi connectivity index (χ0v) is 9.25. The zero-order valence-electron chi connectivity index (χ0n) is 9.25. The maximum absolute atomic E-state index is 12.1. The quantitative estimate of drug-likeness (QED) is 0.775. The summed E-state index contributed by atoms with van der Waals surface area (Å²) in [7, 11) is 0. The van der Waals surface area contributed by atoms with Gasteiger partial charge in [-0.05, 0) is 11.6 Å². The molecule has 2 amide bonds. The Morgan fingerprint density at radius 2 is 2.06 bits per heavy atom. The van der Waals surface area contributed by atoms with Gasteiger partial charge in [0.25, 0.3) is 0 Å². The average Bonchev–Trinajstić information content (AvgIpc) is 2.50. The minimum absolute atomic E-state index is 0.00120. The highest BCUT2D eigenvalue weighted by Crippen LogP contribution is 2.34.